The van der Waals surface area contributed by atoms with Crippen molar-refractivity contribution < 1.29 is 0 Å². The van der Waals surface area contributed by atoms with Crippen LogP contribution in [0.3, 0.4) is 0 Å². The second-order valence-electron chi connectivity index (χ2n) is 2.38. The second-order valence-corrected chi connectivity index (χ2v) is 3.27. The maximum absolute atomic E-state index is 10.8. The number of rotatable bonds is 1. The molecule has 2 aromatic heterocycles. The number of thiazole rings is 1. The largest absolute Gasteiger partial charge is 0.385 e. The van der Waals surface area contributed by atoms with Crippen molar-refractivity contribution in [3.63, 3.8) is 0 Å². The average Bonchev–Trinajstić information content (AvgIpc) is 2.56. The van der Waals surface area contributed by atoms with E-state index in [1.807, 2.05) is 0 Å². The van der Waals surface area contributed by atoms with Gasteiger partial charge in [-0.25, -0.2) is 9.78 Å². The van der Waals surface area contributed by atoms with Crippen LogP contribution in [0.2, 0.25) is 0 Å². The zero-order valence-electron chi connectivity index (χ0n) is 6.52. The van der Waals surface area contributed by atoms with Gasteiger partial charge in [0, 0.05) is 12.4 Å². The lowest BCUT2D eigenvalue weighted by molar-refractivity contribution is 1.09. The molecule has 0 amide bonds. The van der Waals surface area contributed by atoms with E-state index in [1.165, 1.54) is 17.5 Å². The molecule has 0 radical (unpaired) electrons. The summed E-state index contributed by atoms with van der Waals surface area (Å²) < 4.78 is 0. The first kappa shape index (κ1) is 7.93. The van der Waals surface area contributed by atoms with Gasteiger partial charge in [0.2, 0.25) is 0 Å². The van der Waals surface area contributed by atoms with E-state index in [9.17, 15) is 4.79 Å². The van der Waals surface area contributed by atoms with E-state index in [-0.39, 0.29) is 0 Å². The van der Waals surface area contributed by atoms with Crippen molar-refractivity contribution in [3.8, 4) is 10.4 Å². The molecule has 2 aromatic rings. The first-order chi connectivity index (χ1) is 6.27. The second kappa shape index (κ2) is 2.98. The predicted molar refractivity (Wildman–Crippen MR) is 50.4 cm³/mol. The highest BCUT2D eigenvalue weighted by Gasteiger charge is 2.04. The normalized spacial score (nSPS) is 10.2. The van der Waals surface area contributed by atoms with Gasteiger partial charge in [-0.1, -0.05) is 0 Å². The Morgan fingerprint density at radius 2 is 2.31 bits per heavy atom. The highest BCUT2D eigenvalue weighted by molar-refractivity contribution is 7.13. The van der Waals surface area contributed by atoms with Crippen molar-refractivity contribution >= 4 is 17.2 Å². The molecular weight excluding hydrogens is 188 g/mol. The van der Waals surface area contributed by atoms with E-state index in [4.69, 9.17) is 5.73 Å². The van der Waals surface area contributed by atoms with Crippen molar-refractivity contribution in [2.24, 2.45) is 0 Å². The third-order valence-electron chi connectivity index (χ3n) is 1.54. The average molecular weight is 194 g/mol. The fourth-order valence-electron chi connectivity index (χ4n) is 0.953. The van der Waals surface area contributed by atoms with Crippen LogP contribution in [0, 0.1) is 0 Å². The molecule has 2 heterocycles. The van der Waals surface area contributed by atoms with Crippen LogP contribution in [-0.4, -0.2) is 15.0 Å². The molecule has 66 valence electrons. The molecule has 0 fully saturated rings. The number of nitrogens with zero attached hydrogens (tertiary/aromatic N) is 2. The molecule has 3 N–H and O–H groups in total. The van der Waals surface area contributed by atoms with E-state index < -0.39 is 5.69 Å². The number of nitrogen functional groups attached to an aromatic ring is 1. The van der Waals surface area contributed by atoms with Gasteiger partial charge in [-0.2, -0.15) is 0 Å². The van der Waals surface area contributed by atoms with E-state index in [2.05, 4.69) is 15.0 Å². The summed E-state index contributed by atoms with van der Waals surface area (Å²) in [4.78, 5) is 21.5. The summed E-state index contributed by atoms with van der Waals surface area (Å²) in [6.07, 6.45) is 3.12. The number of hydrogen-bond donors (Lipinski definition) is 2. The minimum Gasteiger partial charge on any atom is -0.385 e. The number of anilines is 1. The molecule has 0 unspecified atom stereocenters. The predicted octanol–water partition coefficient (Wildman–Crippen LogP) is 0.476. The van der Waals surface area contributed by atoms with E-state index >= 15 is 0 Å². The maximum Gasteiger partial charge on any atom is 0.346 e. The minimum absolute atomic E-state index is 0.323. The number of aromatic amines is 1. The summed E-state index contributed by atoms with van der Waals surface area (Å²) in [7, 11) is 0. The molecule has 0 atom stereocenters. The number of hydrogen-bond acceptors (Lipinski definition) is 5. The Kier molecular flexibility index (Phi) is 1.82. The summed E-state index contributed by atoms with van der Waals surface area (Å²) in [5.74, 6) is 0.323. The summed E-state index contributed by atoms with van der Waals surface area (Å²) in [5.41, 5.74) is 7.56. The highest BCUT2D eigenvalue weighted by atomic mass is 32.1. The Morgan fingerprint density at radius 3 is 2.92 bits per heavy atom. The molecule has 2 rings (SSSR count). The fraction of sp³-hybridized carbons (Fsp3) is 0. The molecule has 13 heavy (non-hydrogen) atoms. The van der Waals surface area contributed by atoms with Crippen LogP contribution in [-0.2, 0) is 0 Å². The topological polar surface area (TPSA) is 84.7 Å². The van der Waals surface area contributed by atoms with Gasteiger partial charge in [-0.3, -0.25) is 9.97 Å². The molecular formula is C7H6N4OS. The lowest BCUT2D eigenvalue weighted by Crippen LogP contribution is -2.12. The molecule has 5 nitrogen and oxygen atoms in total. The number of nitrogens with one attached hydrogen (secondary N) is 1. The smallest absolute Gasteiger partial charge is 0.346 e. The fourth-order valence-corrected chi connectivity index (χ4v) is 1.60. The van der Waals surface area contributed by atoms with Gasteiger partial charge in [0.1, 0.15) is 5.82 Å². The lowest BCUT2D eigenvalue weighted by atomic mass is 10.3. The molecule has 6 heteroatoms. The van der Waals surface area contributed by atoms with Gasteiger partial charge in [0.15, 0.2) is 0 Å². The van der Waals surface area contributed by atoms with Crippen LogP contribution < -0.4 is 11.4 Å². The van der Waals surface area contributed by atoms with Crippen LogP contribution in [0.4, 0.5) is 5.82 Å². The maximum atomic E-state index is 10.8. The molecule has 0 spiro atoms. The van der Waals surface area contributed by atoms with Gasteiger partial charge in [0.25, 0.3) is 0 Å². The Bertz CT molecular complexity index is 462. The summed E-state index contributed by atoms with van der Waals surface area (Å²) >= 11 is 1.44. The molecule has 0 bridgehead atoms. The van der Waals surface area contributed by atoms with Crippen LogP contribution in [0.25, 0.3) is 10.4 Å². The van der Waals surface area contributed by atoms with Gasteiger partial charge in [-0.15, -0.1) is 11.3 Å². The SMILES string of the molecule is Nc1[nH]c(=O)ncc1-c1cncs1. The van der Waals surface area contributed by atoms with Crippen LogP contribution in [0.15, 0.2) is 22.7 Å². The van der Waals surface area contributed by atoms with Gasteiger partial charge < -0.3 is 5.73 Å². The summed E-state index contributed by atoms with van der Waals surface area (Å²) in [6.45, 7) is 0. The van der Waals surface area contributed by atoms with Gasteiger partial charge in [-0.05, 0) is 0 Å². The molecule has 0 aliphatic heterocycles. The van der Waals surface area contributed by atoms with E-state index in [0.29, 0.717) is 11.4 Å². The third-order valence-corrected chi connectivity index (χ3v) is 2.35. The molecule has 0 saturated heterocycles. The quantitative estimate of drug-likeness (QED) is 0.691. The van der Waals surface area contributed by atoms with Crippen LogP contribution >= 0.6 is 11.3 Å². The Balaban J connectivity index is 2.60. The minimum atomic E-state index is -0.439. The van der Waals surface area contributed by atoms with E-state index in [1.54, 1.807) is 11.7 Å². The number of aromatic nitrogens is 3. The lowest BCUT2D eigenvalue weighted by Gasteiger charge is -1.98. The van der Waals surface area contributed by atoms with Crippen molar-refractivity contribution in [2.45, 2.75) is 0 Å². The Morgan fingerprint density at radius 1 is 1.46 bits per heavy atom. The molecule has 0 aliphatic carbocycles. The zero-order valence-corrected chi connectivity index (χ0v) is 7.34. The molecule has 0 aliphatic rings. The van der Waals surface area contributed by atoms with Gasteiger partial charge in [0.05, 0.1) is 16.0 Å². The highest BCUT2D eigenvalue weighted by Crippen LogP contribution is 2.25. The summed E-state index contributed by atoms with van der Waals surface area (Å²) in [5, 5.41) is 0. The molecule has 0 saturated carbocycles. The van der Waals surface area contributed by atoms with Crippen molar-refractivity contribution in [2.75, 3.05) is 5.73 Å². The first-order valence-electron chi connectivity index (χ1n) is 3.51. The van der Waals surface area contributed by atoms with Crippen LogP contribution in [0.1, 0.15) is 0 Å². The van der Waals surface area contributed by atoms with E-state index in [0.717, 1.165) is 4.88 Å². The number of nitrogens with two attached hydrogens (primary N) is 1. The van der Waals surface area contributed by atoms with Crippen LogP contribution in [0.5, 0.6) is 0 Å². The Hall–Kier alpha value is -1.69. The van der Waals surface area contributed by atoms with Gasteiger partial charge >= 0.3 is 5.69 Å². The van der Waals surface area contributed by atoms with Crippen molar-refractivity contribution in [1.82, 2.24) is 15.0 Å². The zero-order chi connectivity index (χ0) is 9.26. The molecule has 0 aromatic carbocycles. The van der Waals surface area contributed by atoms with Crippen molar-refractivity contribution in [1.29, 1.82) is 0 Å². The van der Waals surface area contributed by atoms with Crippen molar-refractivity contribution in [3.05, 3.63) is 28.4 Å². The third kappa shape index (κ3) is 1.43. The first-order valence-corrected chi connectivity index (χ1v) is 4.39. The summed E-state index contributed by atoms with van der Waals surface area (Å²) in [6, 6.07) is 0. The Labute approximate surface area is 77.3 Å². The number of H-pyrrole nitrogens is 1. The monoisotopic (exact) mass is 194 g/mol. The standard InChI is InChI=1S/C7H6N4OS/c8-6-4(1-10-7(12)11-6)5-2-9-3-13-5/h1-3H,(H3,8,10,11,12).